The Kier molecular flexibility index (Phi) is 3.40. The van der Waals surface area contributed by atoms with E-state index in [9.17, 15) is 5.11 Å². The average Bonchev–Trinajstić information content (AvgIpc) is 2.19. The molecule has 0 aliphatic rings. The Morgan fingerprint density at radius 3 is 2.92 bits per heavy atom. The molecule has 1 aromatic heterocycles. The van der Waals surface area contributed by atoms with E-state index in [4.69, 9.17) is 5.21 Å². The van der Waals surface area contributed by atoms with Crippen LogP contribution in [0.2, 0.25) is 0 Å². The minimum Gasteiger partial charge on any atom is -0.411 e. The summed E-state index contributed by atoms with van der Waals surface area (Å²) in [5.41, 5.74) is 1.07. The van der Waals surface area contributed by atoms with Crippen LogP contribution in [0.5, 0.6) is 0 Å². The lowest BCUT2D eigenvalue weighted by Crippen LogP contribution is -2.05. The summed E-state index contributed by atoms with van der Waals surface area (Å²) in [6.45, 7) is 1.64. The zero-order valence-electron chi connectivity index (χ0n) is 7.38. The van der Waals surface area contributed by atoms with Crippen molar-refractivity contribution < 1.29 is 10.3 Å². The summed E-state index contributed by atoms with van der Waals surface area (Å²) in [6, 6.07) is 5.31. The van der Waals surface area contributed by atoms with Crippen molar-refractivity contribution in [1.29, 1.82) is 0 Å². The van der Waals surface area contributed by atoms with Crippen LogP contribution in [0.3, 0.4) is 0 Å². The van der Waals surface area contributed by atoms with Gasteiger partial charge in [0.05, 0.1) is 11.4 Å². The predicted octanol–water partition coefficient (Wildman–Crippen LogP) is 1.36. The van der Waals surface area contributed by atoms with Gasteiger partial charge >= 0.3 is 0 Å². The van der Waals surface area contributed by atoms with E-state index in [1.165, 1.54) is 0 Å². The van der Waals surface area contributed by atoms with Gasteiger partial charge in [0.25, 0.3) is 0 Å². The van der Waals surface area contributed by atoms with Gasteiger partial charge in [-0.2, -0.15) is 0 Å². The van der Waals surface area contributed by atoms with Crippen LogP contribution in [0.15, 0.2) is 29.6 Å². The van der Waals surface area contributed by atoms with E-state index in [2.05, 4.69) is 10.1 Å². The lowest BCUT2D eigenvalue weighted by Gasteiger charge is -2.07. The van der Waals surface area contributed by atoms with Crippen LogP contribution >= 0.6 is 0 Å². The monoisotopic (exact) mass is 180 g/mol. The average molecular weight is 180 g/mol. The molecule has 0 aliphatic carbocycles. The van der Waals surface area contributed by atoms with E-state index in [1.807, 2.05) is 0 Å². The fraction of sp³-hybridized carbons (Fsp3) is 0.333. The summed E-state index contributed by atoms with van der Waals surface area (Å²) in [5, 5.41) is 20.9. The second kappa shape index (κ2) is 4.57. The summed E-state index contributed by atoms with van der Waals surface area (Å²) >= 11 is 0. The smallest absolute Gasteiger partial charge is 0.101 e. The maximum absolute atomic E-state index is 9.57. The molecule has 1 heterocycles. The molecule has 0 radical (unpaired) electrons. The Balaban J connectivity index is 2.64. The van der Waals surface area contributed by atoms with Crippen molar-refractivity contribution in [2.24, 2.45) is 5.16 Å². The molecule has 0 saturated carbocycles. The first-order valence-corrected chi connectivity index (χ1v) is 4.00. The van der Waals surface area contributed by atoms with Gasteiger partial charge < -0.3 is 10.3 Å². The number of nitrogens with zero attached hydrogens (tertiary/aromatic N) is 2. The maximum atomic E-state index is 9.57. The van der Waals surface area contributed by atoms with Crippen molar-refractivity contribution in [2.75, 3.05) is 0 Å². The summed E-state index contributed by atoms with van der Waals surface area (Å²) in [5.74, 6) is 0. The third-order valence-electron chi connectivity index (χ3n) is 1.69. The number of hydrogen-bond acceptors (Lipinski definition) is 4. The fourth-order valence-electron chi connectivity index (χ4n) is 0.998. The Morgan fingerprint density at radius 2 is 2.38 bits per heavy atom. The third-order valence-corrected chi connectivity index (χ3v) is 1.69. The fourth-order valence-corrected chi connectivity index (χ4v) is 0.998. The minimum atomic E-state index is -0.697. The van der Waals surface area contributed by atoms with Gasteiger partial charge in [0, 0.05) is 12.6 Å². The van der Waals surface area contributed by atoms with Crippen LogP contribution in [0, 0.1) is 0 Å². The van der Waals surface area contributed by atoms with Gasteiger partial charge in [0.2, 0.25) is 0 Å². The molecule has 2 N–H and O–H groups in total. The zero-order valence-corrected chi connectivity index (χ0v) is 7.38. The first kappa shape index (κ1) is 9.67. The van der Waals surface area contributed by atoms with Crippen molar-refractivity contribution in [2.45, 2.75) is 19.4 Å². The Bertz CT molecular complexity index is 285. The van der Waals surface area contributed by atoms with Crippen LogP contribution < -0.4 is 0 Å². The number of aromatic nitrogens is 1. The topological polar surface area (TPSA) is 65.7 Å². The molecule has 0 spiro atoms. The molecule has 1 unspecified atom stereocenters. The van der Waals surface area contributed by atoms with E-state index >= 15 is 0 Å². The summed E-state index contributed by atoms with van der Waals surface area (Å²) in [6.07, 6.45) is 1.22. The lowest BCUT2D eigenvalue weighted by atomic mass is 10.1. The number of hydrogen-bond donors (Lipinski definition) is 2. The van der Waals surface area contributed by atoms with Crippen molar-refractivity contribution in [3.05, 3.63) is 30.1 Å². The van der Waals surface area contributed by atoms with Crippen LogP contribution in [-0.2, 0) is 0 Å². The highest BCUT2D eigenvalue weighted by Crippen LogP contribution is 2.13. The van der Waals surface area contributed by atoms with Crippen molar-refractivity contribution in [3.63, 3.8) is 0 Å². The van der Waals surface area contributed by atoms with Crippen molar-refractivity contribution in [1.82, 2.24) is 4.98 Å². The highest BCUT2D eigenvalue weighted by molar-refractivity contribution is 5.81. The van der Waals surface area contributed by atoms with Crippen LogP contribution in [0.1, 0.15) is 25.1 Å². The molecule has 1 aromatic rings. The van der Waals surface area contributed by atoms with Crippen LogP contribution in [-0.4, -0.2) is 21.0 Å². The summed E-state index contributed by atoms with van der Waals surface area (Å²) < 4.78 is 0. The van der Waals surface area contributed by atoms with Crippen molar-refractivity contribution >= 4 is 5.71 Å². The number of aliphatic hydroxyl groups excluding tert-OH is 1. The van der Waals surface area contributed by atoms with Crippen LogP contribution in [0.4, 0.5) is 0 Å². The molecule has 1 rings (SSSR count). The number of aliphatic hydroxyl groups is 1. The zero-order chi connectivity index (χ0) is 9.68. The van der Waals surface area contributed by atoms with Gasteiger partial charge in [0.15, 0.2) is 0 Å². The second-order valence-electron chi connectivity index (χ2n) is 2.81. The van der Waals surface area contributed by atoms with Gasteiger partial charge in [-0.25, -0.2) is 0 Å². The normalized spacial score (nSPS) is 14.2. The molecule has 0 fully saturated rings. The summed E-state index contributed by atoms with van der Waals surface area (Å²) in [7, 11) is 0. The largest absolute Gasteiger partial charge is 0.411 e. The SMILES string of the molecule is CC(CC(O)c1ccccn1)=NO. The molecule has 4 heteroatoms. The van der Waals surface area contributed by atoms with Crippen LogP contribution in [0.25, 0.3) is 0 Å². The molecule has 0 aromatic carbocycles. The molecule has 70 valence electrons. The molecule has 13 heavy (non-hydrogen) atoms. The molecule has 1 atom stereocenters. The van der Waals surface area contributed by atoms with E-state index in [1.54, 1.807) is 31.3 Å². The first-order valence-electron chi connectivity index (χ1n) is 4.00. The minimum absolute atomic E-state index is 0.299. The van der Waals surface area contributed by atoms with E-state index < -0.39 is 6.10 Å². The van der Waals surface area contributed by atoms with Gasteiger partial charge in [-0.3, -0.25) is 4.98 Å². The van der Waals surface area contributed by atoms with Gasteiger partial charge in [-0.05, 0) is 19.1 Å². The molecule has 0 aliphatic heterocycles. The van der Waals surface area contributed by atoms with Crippen molar-refractivity contribution in [3.8, 4) is 0 Å². The Labute approximate surface area is 76.5 Å². The highest BCUT2D eigenvalue weighted by atomic mass is 16.4. The number of rotatable bonds is 3. The standard InChI is InChI=1S/C9H12N2O2/c1-7(11-13)6-9(12)8-4-2-3-5-10-8/h2-5,9,12-13H,6H2,1H3. The van der Waals surface area contributed by atoms with E-state index in [0.29, 0.717) is 17.8 Å². The first-order chi connectivity index (χ1) is 6.24. The third kappa shape index (κ3) is 2.83. The summed E-state index contributed by atoms with van der Waals surface area (Å²) in [4.78, 5) is 3.98. The molecular weight excluding hydrogens is 168 g/mol. The number of oxime groups is 1. The second-order valence-corrected chi connectivity index (χ2v) is 2.81. The highest BCUT2D eigenvalue weighted by Gasteiger charge is 2.09. The quantitative estimate of drug-likeness (QED) is 0.419. The van der Waals surface area contributed by atoms with Gasteiger partial charge in [-0.15, -0.1) is 0 Å². The molecule has 0 amide bonds. The molecular formula is C9H12N2O2. The lowest BCUT2D eigenvalue weighted by molar-refractivity contribution is 0.179. The number of pyridine rings is 1. The van der Waals surface area contributed by atoms with E-state index in [-0.39, 0.29) is 0 Å². The van der Waals surface area contributed by atoms with Gasteiger partial charge in [-0.1, -0.05) is 11.2 Å². The van der Waals surface area contributed by atoms with Gasteiger partial charge in [0.1, 0.15) is 6.10 Å². The Hall–Kier alpha value is -1.42. The molecule has 0 saturated heterocycles. The maximum Gasteiger partial charge on any atom is 0.101 e. The Morgan fingerprint density at radius 1 is 1.62 bits per heavy atom. The van der Waals surface area contributed by atoms with E-state index in [0.717, 1.165) is 0 Å². The predicted molar refractivity (Wildman–Crippen MR) is 48.7 cm³/mol. The molecule has 0 bridgehead atoms. The molecule has 4 nitrogen and oxygen atoms in total.